The molecule has 0 aliphatic heterocycles. The summed E-state index contributed by atoms with van der Waals surface area (Å²) in [5, 5.41) is 4.66. The number of halogens is 2. The van der Waals surface area contributed by atoms with Crippen molar-refractivity contribution in [2.24, 2.45) is 0 Å². The summed E-state index contributed by atoms with van der Waals surface area (Å²) >= 11 is 12.2. The first-order valence-electron chi connectivity index (χ1n) is 9.05. The Morgan fingerprint density at radius 1 is 0.893 bits per heavy atom. The predicted octanol–water partition coefficient (Wildman–Crippen LogP) is 6.18. The van der Waals surface area contributed by atoms with E-state index in [9.17, 15) is 0 Å². The zero-order valence-electron chi connectivity index (χ0n) is 16.0. The summed E-state index contributed by atoms with van der Waals surface area (Å²) in [5.41, 5.74) is 4.39. The largest absolute Gasteiger partial charge is 0.493 e. The van der Waals surface area contributed by atoms with Crippen LogP contribution in [0.25, 0.3) is 0 Å². The van der Waals surface area contributed by atoms with Crippen LogP contribution in [0.2, 0.25) is 10.0 Å². The van der Waals surface area contributed by atoms with Crippen molar-refractivity contribution in [1.82, 2.24) is 5.32 Å². The summed E-state index contributed by atoms with van der Waals surface area (Å²) < 4.78 is 11.6. The second kappa shape index (κ2) is 9.83. The number of aryl methyl sites for hydroxylation is 1. The summed E-state index contributed by atoms with van der Waals surface area (Å²) in [7, 11) is 1.64. The molecule has 0 aromatic heterocycles. The summed E-state index contributed by atoms with van der Waals surface area (Å²) in [6, 6.07) is 19.8. The summed E-state index contributed by atoms with van der Waals surface area (Å²) in [4.78, 5) is 0. The maximum atomic E-state index is 6.26. The van der Waals surface area contributed by atoms with Crippen LogP contribution in [0.5, 0.6) is 11.5 Å². The van der Waals surface area contributed by atoms with Crippen molar-refractivity contribution in [2.75, 3.05) is 7.11 Å². The minimum atomic E-state index is 0.335. The quantitative estimate of drug-likeness (QED) is 0.476. The highest BCUT2D eigenvalue weighted by Gasteiger charge is 2.12. The van der Waals surface area contributed by atoms with Crippen molar-refractivity contribution >= 4 is 23.2 Å². The molecule has 0 unspecified atom stereocenters. The van der Waals surface area contributed by atoms with Crippen LogP contribution in [0.15, 0.2) is 60.7 Å². The molecule has 0 fully saturated rings. The Morgan fingerprint density at radius 2 is 1.68 bits per heavy atom. The van der Waals surface area contributed by atoms with E-state index in [1.54, 1.807) is 19.2 Å². The zero-order chi connectivity index (χ0) is 19.9. The van der Waals surface area contributed by atoms with Gasteiger partial charge in [0.05, 0.1) is 7.11 Å². The highest BCUT2D eigenvalue weighted by Crippen LogP contribution is 2.32. The first-order valence-corrected chi connectivity index (χ1v) is 9.81. The maximum Gasteiger partial charge on any atom is 0.166 e. The Morgan fingerprint density at radius 3 is 2.39 bits per heavy atom. The van der Waals surface area contributed by atoms with Gasteiger partial charge in [0, 0.05) is 34.3 Å². The fourth-order valence-corrected chi connectivity index (χ4v) is 3.32. The molecule has 3 rings (SSSR count). The van der Waals surface area contributed by atoms with E-state index < -0.39 is 0 Å². The Hall–Kier alpha value is -2.20. The van der Waals surface area contributed by atoms with E-state index in [0.717, 1.165) is 17.7 Å². The van der Waals surface area contributed by atoms with Crippen LogP contribution in [0.4, 0.5) is 0 Å². The number of hydrogen-bond acceptors (Lipinski definition) is 3. The first-order chi connectivity index (χ1) is 13.6. The molecule has 0 atom stereocenters. The van der Waals surface area contributed by atoms with Gasteiger partial charge in [-0.05, 0) is 30.7 Å². The molecule has 146 valence electrons. The number of methoxy groups -OCH3 is 1. The number of rotatable bonds is 8. The first kappa shape index (κ1) is 20.5. The van der Waals surface area contributed by atoms with E-state index in [1.807, 2.05) is 24.3 Å². The fourth-order valence-electron chi connectivity index (χ4n) is 2.86. The number of para-hydroxylation sites is 1. The van der Waals surface area contributed by atoms with Crippen molar-refractivity contribution in [3.05, 3.63) is 93.0 Å². The molecular weight excluding hydrogens is 393 g/mol. The van der Waals surface area contributed by atoms with Crippen LogP contribution in [-0.4, -0.2) is 7.11 Å². The third kappa shape index (κ3) is 5.41. The van der Waals surface area contributed by atoms with Crippen LogP contribution < -0.4 is 14.8 Å². The Bertz CT molecular complexity index is 926. The fraction of sp³-hybridized carbons (Fsp3) is 0.217. The van der Waals surface area contributed by atoms with Gasteiger partial charge in [0.25, 0.3) is 0 Å². The third-order valence-electron chi connectivity index (χ3n) is 4.43. The van der Waals surface area contributed by atoms with Gasteiger partial charge >= 0.3 is 0 Å². The second-order valence-electron chi connectivity index (χ2n) is 6.56. The molecule has 0 radical (unpaired) electrons. The Balaban J connectivity index is 1.69. The van der Waals surface area contributed by atoms with E-state index in [2.05, 4.69) is 36.5 Å². The van der Waals surface area contributed by atoms with Gasteiger partial charge in [-0.3, -0.25) is 0 Å². The van der Waals surface area contributed by atoms with Gasteiger partial charge < -0.3 is 14.8 Å². The van der Waals surface area contributed by atoms with Gasteiger partial charge in [0.1, 0.15) is 6.61 Å². The Kier molecular flexibility index (Phi) is 7.21. The molecule has 28 heavy (non-hydrogen) atoms. The summed E-state index contributed by atoms with van der Waals surface area (Å²) in [6.45, 7) is 3.86. The van der Waals surface area contributed by atoms with Gasteiger partial charge in [-0.15, -0.1) is 0 Å². The van der Waals surface area contributed by atoms with Crippen molar-refractivity contribution in [1.29, 1.82) is 0 Å². The van der Waals surface area contributed by atoms with E-state index in [0.29, 0.717) is 34.7 Å². The number of hydrogen-bond donors (Lipinski definition) is 1. The molecule has 0 aliphatic rings. The van der Waals surface area contributed by atoms with Crippen LogP contribution in [0.3, 0.4) is 0 Å². The molecule has 3 nitrogen and oxygen atoms in total. The molecule has 0 bridgehead atoms. The molecule has 0 amide bonds. The van der Waals surface area contributed by atoms with E-state index in [4.69, 9.17) is 32.7 Å². The topological polar surface area (TPSA) is 30.5 Å². The molecule has 0 aliphatic carbocycles. The van der Waals surface area contributed by atoms with Gasteiger partial charge in [-0.1, -0.05) is 71.2 Å². The third-order valence-corrected chi connectivity index (χ3v) is 5.02. The van der Waals surface area contributed by atoms with Crippen molar-refractivity contribution in [3.8, 4) is 11.5 Å². The molecule has 0 spiro atoms. The van der Waals surface area contributed by atoms with E-state index in [-0.39, 0.29) is 0 Å². The molecule has 0 saturated carbocycles. The standard InChI is InChI=1S/C23H23Cl2NO2/c1-16-6-8-17(9-7-16)13-26-14-18-4-3-5-22(27-2)23(18)28-15-19-10-11-20(24)12-21(19)25/h3-12,26H,13-15H2,1-2H3. The minimum absolute atomic E-state index is 0.335. The SMILES string of the molecule is COc1cccc(CNCc2ccc(C)cc2)c1OCc1ccc(Cl)cc1Cl. The van der Waals surface area contributed by atoms with Crippen LogP contribution in [0.1, 0.15) is 22.3 Å². The Labute approximate surface area is 176 Å². The maximum absolute atomic E-state index is 6.26. The smallest absolute Gasteiger partial charge is 0.166 e. The highest BCUT2D eigenvalue weighted by atomic mass is 35.5. The summed E-state index contributed by atoms with van der Waals surface area (Å²) in [6.07, 6.45) is 0. The molecule has 0 saturated heterocycles. The molecule has 1 N–H and O–H groups in total. The lowest BCUT2D eigenvalue weighted by Crippen LogP contribution is -2.14. The van der Waals surface area contributed by atoms with Crippen molar-refractivity contribution < 1.29 is 9.47 Å². The van der Waals surface area contributed by atoms with E-state index >= 15 is 0 Å². The minimum Gasteiger partial charge on any atom is -0.493 e. The molecule has 3 aromatic carbocycles. The predicted molar refractivity (Wildman–Crippen MR) is 116 cm³/mol. The number of nitrogens with one attached hydrogen (secondary N) is 1. The van der Waals surface area contributed by atoms with Crippen LogP contribution >= 0.6 is 23.2 Å². The second-order valence-corrected chi connectivity index (χ2v) is 7.41. The van der Waals surface area contributed by atoms with Crippen molar-refractivity contribution in [2.45, 2.75) is 26.6 Å². The van der Waals surface area contributed by atoms with Crippen LogP contribution in [0, 0.1) is 6.92 Å². The van der Waals surface area contributed by atoms with Crippen molar-refractivity contribution in [3.63, 3.8) is 0 Å². The molecule has 3 aromatic rings. The molecule has 5 heteroatoms. The summed E-state index contributed by atoms with van der Waals surface area (Å²) in [5.74, 6) is 1.41. The zero-order valence-corrected chi connectivity index (χ0v) is 17.5. The number of ether oxygens (including phenoxy) is 2. The van der Waals surface area contributed by atoms with E-state index in [1.165, 1.54) is 11.1 Å². The molecular formula is C23H23Cl2NO2. The van der Waals surface area contributed by atoms with Gasteiger partial charge in [-0.25, -0.2) is 0 Å². The lowest BCUT2D eigenvalue weighted by atomic mass is 10.1. The molecule has 0 heterocycles. The monoisotopic (exact) mass is 415 g/mol. The van der Waals surface area contributed by atoms with Gasteiger partial charge in [0.2, 0.25) is 0 Å². The van der Waals surface area contributed by atoms with Crippen LogP contribution in [-0.2, 0) is 19.7 Å². The average molecular weight is 416 g/mol. The van der Waals surface area contributed by atoms with Gasteiger partial charge in [0.15, 0.2) is 11.5 Å². The lowest BCUT2D eigenvalue weighted by Gasteiger charge is -2.16. The number of benzene rings is 3. The highest BCUT2D eigenvalue weighted by molar-refractivity contribution is 6.35. The average Bonchev–Trinajstić information content (AvgIpc) is 2.69. The normalized spacial score (nSPS) is 10.7. The lowest BCUT2D eigenvalue weighted by molar-refractivity contribution is 0.280. The van der Waals surface area contributed by atoms with Gasteiger partial charge in [-0.2, -0.15) is 0 Å².